The van der Waals surface area contributed by atoms with Gasteiger partial charge in [-0.25, -0.2) is 8.42 Å². The van der Waals surface area contributed by atoms with Gasteiger partial charge >= 0.3 is 0 Å². The van der Waals surface area contributed by atoms with Crippen molar-refractivity contribution in [1.82, 2.24) is 0 Å². The highest BCUT2D eigenvalue weighted by molar-refractivity contribution is 7.81. The van der Waals surface area contributed by atoms with Crippen LogP contribution in [0.25, 0.3) is 0 Å². The van der Waals surface area contributed by atoms with Crippen molar-refractivity contribution < 1.29 is 35.0 Å². The van der Waals surface area contributed by atoms with Gasteiger partial charge in [0.05, 0.1) is 4.11 Å². The zero-order valence-electron chi connectivity index (χ0n) is 20.0. The Balaban J connectivity index is 4.32. The predicted octanol–water partition coefficient (Wildman–Crippen LogP) is 1.96. The maximum Gasteiger partial charge on any atom is 0.262 e. The van der Waals surface area contributed by atoms with Gasteiger partial charge in [-0.1, -0.05) is 25.8 Å². The van der Waals surface area contributed by atoms with E-state index in [1.807, 2.05) is 0 Å². The molecule has 0 atom stereocenters. The normalized spacial score (nSPS) is 27.7. The molecule has 1 aromatic rings. The zero-order chi connectivity index (χ0) is 22.7. The van der Waals surface area contributed by atoms with Gasteiger partial charge < -0.3 is 8.74 Å². The van der Waals surface area contributed by atoms with Crippen LogP contribution in [-0.2, 0) is 10.4 Å². The molecular weight excluding hydrogens is 216 g/mol. The molecule has 0 aromatic heterocycles. The molecule has 0 fully saturated rings. The van der Waals surface area contributed by atoms with E-state index in [1.54, 1.807) is 0 Å². The summed E-state index contributed by atoms with van der Waals surface area (Å²) >= 11 is 0. The summed E-state index contributed by atoms with van der Waals surface area (Å²) in [5, 5.41) is 0. The Bertz CT molecular complexity index is 867. The monoisotopic (exact) mass is 242 g/mol. The minimum atomic E-state index is -5.81. The molecule has 1 aromatic carbocycles. The third-order valence-electron chi connectivity index (χ3n) is 1.21. The van der Waals surface area contributed by atoms with Crippen LogP contribution in [0, 0.1) is 6.85 Å². The maximum absolute atomic E-state index is 11.0. The highest BCUT2D eigenvalue weighted by Gasteiger charge is 2.10. The van der Waals surface area contributed by atoms with Crippen molar-refractivity contribution >= 4 is 10.4 Å². The summed E-state index contributed by atoms with van der Waals surface area (Å²) in [5.41, 5.74) is -2.88. The fourth-order valence-electron chi connectivity index (χ4n) is 0.730. The van der Waals surface area contributed by atoms with Gasteiger partial charge in [0.25, 0.3) is 10.4 Å². The topological polar surface area (TPSA) is 66.4 Å². The van der Waals surface area contributed by atoms with Gasteiger partial charge in [-0.3, -0.25) is 0 Å². The lowest BCUT2D eigenvalue weighted by molar-refractivity contribution is 0.370. The van der Waals surface area contributed by atoms with Crippen molar-refractivity contribution in [3.05, 3.63) is 29.3 Å². The van der Waals surface area contributed by atoms with Gasteiger partial charge in [-0.15, -0.1) is 0 Å². The molecule has 0 N–H and O–H groups in total. The van der Waals surface area contributed by atoms with E-state index >= 15 is 0 Å². The Kier molecular flexibility index (Phi) is 0.899. The van der Waals surface area contributed by atoms with Gasteiger partial charge in [0.1, 0.15) is 5.75 Å². The van der Waals surface area contributed by atoms with Gasteiger partial charge in [-0.2, -0.15) is 0 Å². The van der Waals surface area contributed by atoms with Crippen molar-refractivity contribution in [2.75, 3.05) is 0 Å². The van der Waals surface area contributed by atoms with Gasteiger partial charge in [0.2, 0.25) is 0 Å². The summed E-state index contributed by atoms with van der Waals surface area (Å²) in [6.45, 7) is -10.9. The molecule has 1 rings (SSSR count). The lowest BCUT2D eigenvalue weighted by Gasteiger charge is -2.15. The molecule has 0 radical (unpaired) electrons. The molecule has 0 aliphatic carbocycles. The Morgan fingerprint density at radius 2 is 2.33 bits per heavy atom. The first-order valence-corrected chi connectivity index (χ1v) is 4.70. The van der Waals surface area contributed by atoms with E-state index in [1.165, 1.54) is 0 Å². The van der Waals surface area contributed by atoms with Crippen LogP contribution in [0.3, 0.4) is 0 Å². The summed E-state index contributed by atoms with van der Waals surface area (Å²) in [6, 6.07) is -4.33. The van der Waals surface area contributed by atoms with E-state index in [-0.39, 0.29) is 0 Å². The Hall–Kier alpha value is -1.07. The van der Waals surface area contributed by atoms with Crippen LogP contribution in [0.1, 0.15) is 48.5 Å². The number of benzene rings is 1. The number of hydrogen-bond donors (Lipinski definition) is 0. The number of rotatable bonds is 3. The van der Waals surface area contributed by atoms with E-state index in [2.05, 4.69) is 4.18 Å². The highest BCUT2D eigenvalue weighted by Crippen LogP contribution is 2.28. The van der Waals surface area contributed by atoms with Crippen molar-refractivity contribution in [3.8, 4) is 5.75 Å². The van der Waals surface area contributed by atoms with E-state index in [0.717, 1.165) is 0 Å². The molecule has 0 unspecified atom stereocenters. The third-order valence-corrected chi connectivity index (χ3v) is 1.58. The molecular formula is C10H13O4S-. The predicted molar refractivity (Wildman–Crippen MR) is 55.6 cm³/mol. The first kappa shape index (κ1) is 3.21. The summed E-state index contributed by atoms with van der Waals surface area (Å²) in [6.07, 6.45) is 0. The molecule has 5 heteroatoms. The van der Waals surface area contributed by atoms with Crippen LogP contribution in [0.15, 0.2) is 18.1 Å². The Morgan fingerprint density at radius 3 is 2.87 bits per heavy atom. The molecule has 0 saturated carbocycles. The maximum atomic E-state index is 11.0. The molecule has 0 aliphatic rings. The fraction of sp³-hybridized carbons (Fsp3) is 0.400. The Labute approximate surface area is 108 Å². The van der Waals surface area contributed by atoms with E-state index < -0.39 is 71.9 Å². The standard InChI is InChI=1S/C10H14O4S/c1-7(2)9-5-4-8(3)6-10(9)14-15(11,12)13/h4-7H,1-3H3,(H,11,12,13)/p-1/i1D3,2D3,3D3,4D,5D,6D,7D. The zero-order valence-corrected chi connectivity index (χ0v) is 7.86. The molecule has 0 heterocycles. The third kappa shape index (κ3) is 3.53. The van der Waals surface area contributed by atoms with Crippen LogP contribution in [0.2, 0.25) is 0 Å². The second-order valence-electron chi connectivity index (χ2n) is 2.32. The van der Waals surface area contributed by atoms with Crippen LogP contribution in [0.5, 0.6) is 5.75 Å². The largest absolute Gasteiger partial charge is 0.716 e. The SMILES string of the molecule is [2H]c1c([2H])c(C([2H])(C([2H])([2H])[2H])C([2H])([2H])[2H])c(OS(=O)(=O)[O-])c([2H])c1C([2H])([2H])[2H]. The van der Waals surface area contributed by atoms with Crippen LogP contribution in [-0.4, -0.2) is 13.0 Å². The first-order chi connectivity index (χ1) is 12.1. The van der Waals surface area contributed by atoms with Gasteiger partial charge in [0, 0.05) is 13.7 Å². The molecule has 15 heavy (non-hydrogen) atoms. The lowest BCUT2D eigenvalue weighted by Crippen LogP contribution is -2.09. The molecule has 0 aliphatic heterocycles. The minimum absolute atomic E-state index is 1.28. The second-order valence-corrected chi connectivity index (χ2v) is 3.30. The smallest absolute Gasteiger partial charge is 0.262 e. The quantitative estimate of drug-likeness (QED) is 0.600. The van der Waals surface area contributed by atoms with Crippen LogP contribution < -0.4 is 4.18 Å². The summed E-state index contributed by atoms with van der Waals surface area (Å²) in [7, 11) is -5.81. The molecule has 0 spiro atoms. The molecule has 0 saturated heterocycles. The van der Waals surface area contributed by atoms with E-state index in [9.17, 15) is 13.0 Å². The van der Waals surface area contributed by atoms with Crippen molar-refractivity contribution in [3.63, 3.8) is 0 Å². The Morgan fingerprint density at radius 1 is 1.60 bits per heavy atom. The first-order valence-electron chi connectivity index (χ1n) is 9.87. The second kappa shape index (κ2) is 4.20. The van der Waals surface area contributed by atoms with Crippen LogP contribution in [0.4, 0.5) is 0 Å². The van der Waals surface area contributed by atoms with Crippen molar-refractivity contribution in [2.24, 2.45) is 0 Å². The minimum Gasteiger partial charge on any atom is -0.716 e. The van der Waals surface area contributed by atoms with E-state index in [0.29, 0.717) is 0 Å². The average molecular weight is 242 g/mol. The van der Waals surface area contributed by atoms with Crippen molar-refractivity contribution in [2.45, 2.75) is 26.4 Å². The average Bonchev–Trinajstić information content (AvgIpc) is 2.39. The summed E-state index contributed by atoms with van der Waals surface area (Å²) < 4.78 is 135. The van der Waals surface area contributed by atoms with Gasteiger partial charge in [-0.05, 0) is 29.9 Å². The molecule has 84 valence electrons. The molecule has 0 amide bonds. The van der Waals surface area contributed by atoms with Gasteiger partial charge in [0.15, 0.2) is 0 Å². The van der Waals surface area contributed by atoms with Crippen molar-refractivity contribution in [1.29, 1.82) is 0 Å². The fourth-order valence-corrected chi connectivity index (χ4v) is 1.06. The lowest BCUT2D eigenvalue weighted by atomic mass is 10.0. The van der Waals surface area contributed by atoms with E-state index in [4.69, 9.17) is 17.8 Å². The molecule has 4 nitrogen and oxygen atoms in total. The summed E-state index contributed by atoms with van der Waals surface area (Å²) in [4.78, 5) is 0. The number of hydrogen-bond acceptors (Lipinski definition) is 4. The summed E-state index contributed by atoms with van der Waals surface area (Å²) in [5.74, 6) is -5.53. The van der Waals surface area contributed by atoms with Crippen LogP contribution >= 0.6 is 0 Å². The molecule has 0 bridgehead atoms. The highest BCUT2D eigenvalue weighted by atomic mass is 32.3.